The Morgan fingerprint density at radius 1 is 1.32 bits per heavy atom. The highest BCUT2D eigenvalue weighted by atomic mass is 16.1. The predicted molar refractivity (Wildman–Crippen MR) is 77.7 cm³/mol. The number of nitrogens with zero attached hydrogens (tertiary/aromatic N) is 1. The van der Waals surface area contributed by atoms with Gasteiger partial charge in [-0.1, -0.05) is 32.8 Å². The normalized spacial score (nSPS) is 12.3. The minimum absolute atomic E-state index is 0.155. The van der Waals surface area contributed by atoms with Gasteiger partial charge >= 0.3 is 0 Å². The van der Waals surface area contributed by atoms with E-state index < -0.39 is 0 Å². The largest absolute Gasteiger partial charge is 0.348 e. The first-order valence-electron chi connectivity index (χ1n) is 6.77. The topological polar surface area (TPSA) is 80.0 Å². The number of amides is 1. The summed E-state index contributed by atoms with van der Waals surface area (Å²) in [6.45, 7) is 6.43. The fourth-order valence-corrected chi connectivity index (χ4v) is 1.84. The average molecular weight is 264 g/mol. The van der Waals surface area contributed by atoms with Gasteiger partial charge in [-0.3, -0.25) is 4.79 Å². The third-order valence-electron chi connectivity index (χ3n) is 2.93. The summed E-state index contributed by atoms with van der Waals surface area (Å²) in [5.41, 5.74) is 2.81. The Morgan fingerprint density at radius 3 is 2.68 bits per heavy atom. The second-order valence-corrected chi connectivity index (χ2v) is 5.25. The number of nitrogens with two attached hydrogens (primary N) is 1. The van der Waals surface area contributed by atoms with Gasteiger partial charge in [-0.25, -0.2) is 10.8 Å². The lowest BCUT2D eigenvalue weighted by atomic mass is 10.0. The molecule has 1 heterocycles. The van der Waals surface area contributed by atoms with E-state index in [1.165, 1.54) is 6.42 Å². The highest BCUT2D eigenvalue weighted by molar-refractivity contribution is 5.92. The van der Waals surface area contributed by atoms with Crippen molar-refractivity contribution >= 4 is 11.7 Å². The first-order chi connectivity index (χ1) is 9.02. The van der Waals surface area contributed by atoms with Gasteiger partial charge in [0.1, 0.15) is 11.5 Å². The molecule has 0 aliphatic rings. The summed E-state index contributed by atoms with van der Waals surface area (Å²) in [5, 5.41) is 2.95. The van der Waals surface area contributed by atoms with Crippen molar-refractivity contribution < 1.29 is 4.79 Å². The predicted octanol–water partition coefficient (Wildman–Crippen LogP) is 2.31. The summed E-state index contributed by atoms with van der Waals surface area (Å²) in [7, 11) is 0. The first-order valence-corrected chi connectivity index (χ1v) is 6.77. The van der Waals surface area contributed by atoms with E-state index >= 15 is 0 Å². The summed E-state index contributed by atoms with van der Waals surface area (Å²) >= 11 is 0. The van der Waals surface area contributed by atoms with Crippen LogP contribution in [0.1, 0.15) is 50.5 Å². The molecular formula is C14H24N4O. The van der Waals surface area contributed by atoms with E-state index in [1.54, 1.807) is 18.2 Å². The van der Waals surface area contributed by atoms with E-state index in [9.17, 15) is 4.79 Å². The van der Waals surface area contributed by atoms with Crippen LogP contribution in [-0.4, -0.2) is 16.9 Å². The molecule has 0 aliphatic heterocycles. The second-order valence-electron chi connectivity index (χ2n) is 5.25. The zero-order valence-electron chi connectivity index (χ0n) is 11.9. The number of carbonyl (C=O) groups is 1. The minimum Gasteiger partial charge on any atom is -0.348 e. The van der Waals surface area contributed by atoms with Crippen LogP contribution < -0.4 is 16.6 Å². The number of anilines is 1. The maximum Gasteiger partial charge on any atom is 0.270 e. The molecule has 5 nitrogen and oxygen atoms in total. The van der Waals surface area contributed by atoms with Crippen LogP contribution in [0.4, 0.5) is 5.82 Å². The molecule has 0 fully saturated rings. The molecule has 1 amide bonds. The zero-order valence-corrected chi connectivity index (χ0v) is 11.9. The number of hydrogen-bond donors (Lipinski definition) is 3. The Hall–Kier alpha value is -1.62. The third kappa shape index (κ3) is 5.70. The van der Waals surface area contributed by atoms with Gasteiger partial charge in [0.05, 0.1) is 0 Å². The number of nitrogens with one attached hydrogen (secondary N) is 2. The second kappa shape index (κ2) is 7.74. The molecule has 106 valence electrons. The number of nitrogen functional groups attached to an aromatic ring is 1. The molecule has 0 radical (unpaired) electrons. The fraction of sp³-hybridized carbons (Fsp3) is 0.571. The van der Waals surface area contributed by atoms with Gasteiger partial charge in [0, 0.05) is 6.04 Å². The molecule has 0 aliphatic carbocycles. The van der Waals surface area contributed by atoms with Crippen molar-refractivity contribution in [2.24, 2.45) is 11.8 Å². The van der Waals surface area contributed by atoms with Gasteiger partial charge in [-0.15, -0.1) is 0 Å². The van der Waals surface area contributed by atoms with E-state index in [0.717, 1.165) is 12.8 Å². The van der Waals surface area contributed by atoms with Crippen molar-refractivity contribution in [1.29, 1.82) is 0 Å². The Bertz CT molecular complexity index is 406. The summed E-state index contributed by atoms with van der Waals surface area (Å²) in [6.07, 6.45) is 3.29. The first kappa shape index (κ1) is 15.4. The number of rotatable bonds is 7. The number of hydrazine groups is 1. The summed E-state index contributed by atoms with van der Waals surface area (Å²) in [5.74, 6) is 6.30. The van der Waals surface area contributed by atoms with E-state index in [4.69, 9.17) is 5.84 Å². The minimum atomic E-state index is -0.158. The summed E-state index contributed by atoms with van der Waals surface area (Å²) < 4.78 is 0. The maximum absolute atomic E-state index is 12.0. The zero-order chi connectivity index (χ0) is 14.3. The van der Waals surface area contributed by atoms with Crippen LogP contribution >= 0.6 is 0 Å². The van der Waals surface area contributed by atoms with E-state index in [2.05, 4.69) is 29.6 Å². The van der Waals surface area contributed by atoms with Gasteiger partial charge in [0.25, 0.3) is 5.91 Å². The molecule has 1 unspecified atom stereocenters. The van der Waals surface area contributed by atoms with Crippen molar-refractivity contribution in [2.45, 2.75) is 46.1 Å². The SMILES string of the molecule is CC(C)CCCC(C)NC(=O)c1cccc(NN)n1. The highest BCUT2D eigenvalue weighted by Crippen LogP contribution is 2.09. The number of carbonyl (C=O) groups excluding carboxylic acids is 1. The van der Waals surface area contributed by atoms with Gasteiger partial charge in [0.2, 0.25) is 0 Å². The fourth-order valence-electron chi connectivity index (χ4n) is 1.84. The van der Waals surface area contributed by atoms with Gasteiger partial charge in [-0.2, -0.15) is 0 Å². The van der Waals surface area contributed by atoms with E-state index in [0.29, 0.717) is 17.4 Å². The number of pyridine rings is 1. The Morgan fingerprint density at radius 2 is 2.05 bits per heavy atom. The highest BCUT2D eigenvalue weighted by Gasteiger charge is 2.11. The van der Waals surface area contributed by atoms with Gasteiger partial charge in [0.15, 0.2) is 0 Å². The van der Waals surface area contributed by atoms with Crippen LogP contribution in [0.15, 0.2) is 18.2 Å². The Labute approximate surface area is 115 Å². The standard InChI is InChI=1S/C14H24N4O/c1-10(2)6-4-7-11(3)16-14(19)12-8-5-9-13(17-12)18-15/h5,8-11H,4,6-7,15H2,1-3H3,(H,16,19)(H,17,18). The molecule has 1 aromatic heterocycles. The molecule has 0 saturated carbocycles. The monoisotopic (exact) mass is 264 g/mol. The quantitative estimate of drug-likeness (QED) is 0.521. The smallest absolute Gasteiger partial charge is 0.270 e. The molecule has 0 spiro atoms. The van der Waals surface area contributed by atoms with Crippen LogP contribution in [0.2, 0.25) is 0 Å². The lowest BCUT2D eigenvalue weighted by molar-refractivity contribution is 0.0933. The van der Waals surface area contributed by atoms with Crippen molar-refractivity contribution in [2.75, 3.05) is 5.43 Å². The summed E-state index contributed by atoms with van der Waals surface area (Å²) in [4.78, 5) is 16.1. The molecule has 5 heteroatoms. The lowest BCUT2D eigenvalue weighted by Gasteiger charge is -2.14. The van der Waals surface area contributed by atoms with Crippen molar-refractivity contribution in [3.8, 4) is 0 Å². The van der Waals surface area contributed by atoms with Crippen LogP contribution in [0.25, 0.3) is 0 Å². The Kier molecular flexibility index (Phi) is 6.29. The molecule has 1 aromatic rings. The molecule has 0 aromatic carbocycles. The molecule has 4 N–H and O–H groups in total. The van der Waals surface area contributed by atoms with E-state index in [-0.39, 0.29) is 11.9 Å². The molecule has 1 rings (SSSR count). The average Bonchev–Trinajstić information content (AvgIpc) is 2.38. The number of aromatic nitrogens is 1. The maximum atomic E-state index is 12.0. The van der Waals surface area contributed by atoms with Gasteiger partial charge < -0.3 is 10.7 Å². The lowest BCUT2D eigenvalue weighted by Crippen LogP contribution is -2.33. The third-order valence-corrected chi connectivity index (χ3v) is 2.93. The Balaban J connectivity index is 2.45. The molecule has 1 atom stereocenters. The van der Waals surface area contributed by atoms with Crippen molar-refractivity contribution in [3.63, 3.8) is 0 Å². The van der Waals surface area contributed by atoms with E-state index in [1.807, 2.05) is 6.92 Å². The van der Waals surface area contributed by atoms with Crippen LogP contribution in [0.5, 0.6) is 0 Å². The molecule has 0 saturated heterocycles. The van der Waals surface area contributed by atoms with Gasteiger partial charge in [-0.05, 0) is 31.4 Å². The van der Waals surface area contributed by atoms with Crippen LogP contribution in [0.3, 0.4) is 0 Å². The summed E-state index contributed by atoms with van der Waals surface area (Å²) in [6, 6.07) is 5.29. The van der Waals surface area contributed by atoms with Crippen molar-refractivity contribution in [1.82, 2.24) is 10.3 Å². The number of hydrogen-bond acceptors (Lipinski definition) is 4. The van der Waals surface area contributed by atoms with Crippen LogP contribution in [-0.2, 0) is 0 Å². The molecule has 0 bridgehead atoms. The van der Waals surface area contributed by atoms with Crippen molar-refractivity contribution in [3.05, 3.63) is 23.9 Å². The molecular weight excluding hydrogens is 240 g/mol. The molecule has 19 heavy (non-hydrogen) atoms. The van der Waals surface area contributed by atoms with Crippen LogP contribution in [0, 0.1) is 5.92 Å².